The minimum Gasteiger partial charge on any atom is -0.400 e. The molecule has 0 aromatic carbocycles. The Kier molecular flexibility index (Phi) is 66.1. The molecule has 0 atom stereocenters. The van der Waals surface area contributed by atoms with Crippen LogP contribution in [0, 0.1) is 6.92 Å². The maximum atomic E-state index is 10.7. The number of aliphatic hydroxyl groups is 3. The van der Waals surface area contributed by atoms with E-state index in [1.807, 2.05) is 0 Å². The third kappa shape index (κ3) is 117. The van der Waals surface area contributed by atoms with Gasteiger partial charge in [-0.05, 0) is 0 Å². The molecule has 0 bridgehead atoms. The Morgan fingerprint density at radius 2 is 1.00 bits per heavy atom. The molecule has 3 N–H and O–H groups in total. The van der Waals surface area contributed by atoms with E-state index in [2.05, 4.69) is 6.92 Å². The Hall–Kier alpha value is 0.384. The van der Waals surface area contributed by atoms with Crippen LogP contribution < -0.4 is 0 Å². The quantitative estimate of drug-likeness (QED) is 0.430. The van der Waals surface area contributed by atoms with E-state index in [0.29, 0.717) is 0 Å². The molecule has 0 aliphatic rings. The van der Waals surface area contributed by atoms with Crippen LogP contribution in [0.15, 0.2) is 0 Å². The van der Waals surface area contributed by atoms with E-state index in [0.717, 1.165) is 21.3 Å². The van der Waals surface area contributed by atoms with Gasteiger partial charge < -0.3 is 22.2 Å². The third-order valence-electron chi connectivity index (χ3n) is 0.283. The van der Waals surface area contributed by atoms with Gasteiger partial charge in [-0.3, -0.25) is 0 Å². The van der Waals surface area contributed by atoms with Crippen molar-refractivity contribution >= 4 is 0 Å². The van der Waals surface area contributed by atoms with Crippen molar-refractivity contribution < 1.29 is 50.2 Å². The second-order valence-electron chi connectivity index (χ2n) is 0.865. The Morgan fingerprint density at radius 1 is 0.923 bits per heavy atom. The van der Waals surface area contributed by atoms with Crippen LogP contribution in [0.25, 0.3) is 0 Å². The second kappa shape index (κ2) is 29.4. The third-order valence-corrected chi connectivity index (χ3v) is 0.283. The van der Waals surface area contributed by atoms with Gasteiger partial charge in [0, 0.05) is 43.0 Å². The first-order valence-electron chi connectivity index (χ1n) is 2.76. The zero-order valence-electron chi connectivity index (χ0n) is 7.89. The van der Waals surface area contributed by atoms with Crippen molar-refractivity contribution in [3.8, 4) is 0 Å². The molecule has 7 heteroatoms. The molecule has 0 amide bonds. The smallest absolute Gasteiger partial charge is 0.363 e. The van der Waals surface area contributed by atoms with E-state index in [4.69, 9.17) is 15.3 Å². The predicted octanol–water partition coefficient (Wildman–Crippen LogP) is 0.596. The summed E-state index contributed by atoms with van der Waals surface area (Å²) in [6.07, 6.45) is -5.05. The average Bonchev–Trinajstić information content (AvgIpc) is 2.14. The topological polar surface area (TPSA) is 60.7 Å². The normalized spacial score (nSPS) is 6.92. The summed E-state index contributed by atoms with van der Waals surface area (Å²) in [5.74, 6) is 0. The summed E-state index contributed by atoms with van der Waals surface area (Å²) in [5, 5.41) is 21.0. The van der Waals surface area contributed by atoms with E-state index in [9.17, 15) is 13.2 Å². The van der Waals surface area contributed by atoms with Crippen molar-refractivity contribution in [1.29, 1.82) is 0 Å². The number of aliphatic hydroxyl groups excluding tert-OH is 3. The van der Waals surface area contributed by atoms with E-state index in [-0.39, 0.29) is 21.7 Å². The van der Waals surface area contributed by atoms with E-state index >= 15 is 0 Å². The van der Waals surface area contributed by atoms with Crippen molar-refractivity contribution in [1.82, 2.24) is 0 Å². The van der Waals surface area contributed by atoms with Gasteiger partial charge in [0.05, 0.1) is 0 Å². The van der Waals surface area contributed by atoms with Crippen molar-refractivity contribution in [2.45, 2.75) is 12.6 Å². The molecule has 0 spiro atoms. The second-order valence-corrected chi connectivity index (χ2v) is 0.865. The molecule has 0 aromatic rings. The summed E-state index contributed by atoms with van der Waals surface area (Å²) in [6, 6.07) is 0. The van der Waals surface area contributed by atoms with E-state index < -0.39 is 12.6 Å². The molecule has 0 radical (unpaired) electrons. The molecule has 0 fully saturated rings. The maximum Gasteiger partial charge on any atom is 0.363 e. The molecular weight excluding hydrogens is 225 g/mol. The zero-order valence-corrected chi connectivity index (χ0v) is 9.45. The molecule has 0 saturated carbocycles. The van der Waals surface area contributed by atoms with Crippen LogP contribution in [0.5, 0.6) is 0 Å². The Labute approximate surface area is 91.5 Å². The van der Waals surface area contributed by atoms with Gasteiger partial charge in [0.25, 0.3) is 0 Å². The van der Waals surface area contributed by atoms with Crippen LogP contribution in [-0.4, -0.2) is 42.8 Å². The molecule has 3 nitrogen and oxygen atoms in total. The number of halogens is 3. The molecule has 0 aromatic heterocycles. The van der Waals surface area contributed by atoms with Gasteiger partial charge in [-0.25, -0.2) is 0 Å². The number of hydrogen-bond acceptors (Lipinski definition) is 3. The van der Waals surface area contributed by atoms with Gasteiger partial charge in [0.15, 0.2) is 0 Å². The first-order chi connectivity index (χ1) is 5.56. The molecule has 84 valence electrons. The van der Waals surface area contributed by atoms with Crippen LogP contribution in [0.1, 0.15) is 6.42 Å². The maximum absolute atomic E-state index is 10.7. The standard InChI is InChI=1S/C3H4F3.3CH4O.Ti/c1-2-3(4,5)6;3*1-2;/h1-2H2;3*2H,1H3;/q-1;;;;. The van der Waals surface area contributed by atoms with Crippen LogP contribution in [0.4, 0.5) is 13.2 Å². The molecular formula is C6H16F3O3Ti-. The number of alkyl halides is 3. The van der Waals surface area contributed by atoms with Crippen molar-refractivity contribution in [2.75, 3.05) is 21.3 Å². The first-order valence-corrected chi connectivity index (χ1v) is 2.76. The summed E-state index contributed by atoms with van der Waals surface area (Å²) in [6.45, 7) is 2.63. The van der Waals surface area contributed by atoms with Gasteiger partial charge in [-0.1, -0.05) is 6.42 Å². The number of hydrogen-bond donors (Lipinski definition) is 3. The van der Waals surface area contributed by atoms with Crippen LogP contribution >= 0.6 is 0 Å². The fraction of sp³-hybridized carbons (Fsp3) is 0.833. The Balaban J connectivity index is -0.0000000263. The van der Waals surface area contributed by atoms with E-state index in [1.165, 1.54) is 0 Å². The Morgan fingerprint density at radius 3 is 1.00 bits per heavy atom. The van der Waals surface area contributed by atoms with Gasteiger partial charge in [0.1, 0.15) is 0 Å². The summed E-state index contributed by atoms with van der Waals surface area (Å²) in [4.78, 5) is 0. The predicted molar refractivity (Wildman–Crippen MR) is 40.5 cm³/mol. The fourth-order valence-corrected chi connectivity index (χ4v) is 0. The summed E-state index contributed by atoms with van der Waals surface area (Å²) < 4.78 is 32.2. The fourth-order valence-electron chi connectivity index (χ4n) is 0. The zero-order chi connectivity index (χ0) is 11.2. The van der Waals surface area contributed by atoms with Crippen LogP contribution in [0.2, 0.25) is 0 Å². The molecule has 0 unspecified atom stereocenters. The molecule has 0 saturated heterocycles. The minimum atomic E-state index is -4.07. The Bertz CT molecular complexity index is 52.9. The van der Waals surface area contributed by atoms with Crippen LogP contribution in [-0.2, 0) is 21.7 Å². The molecule has 0 aliphatic heterocycles. The van der Waals surface area contributed by atoms with Gasteiger partial charge in [0.2, 0.25) is 0 Å². The molecule has 0 heterocycles. The average molecular weight is 241 g/mol. The summed E-state index contributed by atoms with van der Waals surface area (Å²) in [5.41, 5.74) is 0. The summed E-state index contributed by atoms with van der Waals surface area (Å²) in [7, 11) is 3.00. The van der Waals surface area contributed by atoms with Crippen molar-refractivity contribution in [3.63, 3.8) is 0 Å². The van der Waals surface area contributed by atoms with Gasteiger partial charge >= 0.3 is 6.18 Å². The van der Waals surface area contributed by atoms with Crippen molar-refractivity contribution in [3.05, 3.63) is 6.92 Å². The molecule has 13 heavy (non-hydrogen) atoms. The first kappa shape index (κ1) is 29.2. The SMILES string of the molecule is CO.CO.CO.[CH2-]CC(F)(F)F.[Ti]. The van der Waals surface area contributed by atoms with Crippen LogP contribution in [0.3, 0.4) is 0 Å². The molecule has 0 rings (SSSR count). The van der Waals surface area contributed by atoms with Gasteiger partial charge in [-0.2, -0.15) is 13.2 Å². The largest absolute Gasteiger partial charge is 0.400 e. The molecule has 0 aliphatic carbocycles. The van der Waals surface area contributed by atoms with E-state index in [1.54, 1.807) is 0 Å². The number of rotatable bonds is 0. The minimum absolute atomic E-state index is 0. The monoisotopic (exact) mass is 241 g/mol. The van der Waals surface area contributed by atoms with Gasteiger partial charge in [-0.15, -0.1) is 0 Å². The van der Waals surface area contributed by atoms with Crippen molar-refractivity contribution in [2.24, 2.45) is 0 Å². The summed E-state index contributed by atoms with van der Waals surface area (Å²) >= 11 is 0.